The van der Waals surface area contributed by atoms with Crippen LogP contribution < -0.4 is 10.1 Å². The number of rotatable bonds is 6. The Hall–Kier alpha value is -2.04. The molecule has 0 heterocycles. The summed E-state index contributed by atoms with van der Waals surface area (Å²) in [5.41, 5.74) is 1.04. The molecule has 110 valence electrons. The predicted molar refractivity (Wildman–Crippen MR) is 75.5 cm³/mol. The number of carbonyl (C=O) groups is 2. The van der Waals surface area contributed by atoms with E-state index >= 15 is 0 Å². The number of hydrogen-bond acceptors (Lipinski definition) is 4. The van der Waals surface area contributed by atoms with E-state index in [9.17, 15) is 9.59 Å². The highest BCUT2D eigenvalue weighted by atomic mass is 16.6. The van der Waals surface area contributed by atoms with E-state index in [0.717, 1.165) is 5.56 Å². The minimum absolute atomic E-state index is 0.0159. The van der Waals surface area contributed by atoms with Gasteiger partial charge in [0.05, 0.1) is 0 Å². The summed E-state index contributed by atoms with van der Waals surface area (Å²) in [6.07, 6.45) is -0.761. The van der Waals surface area contributed by atoms with Crippen LogP contribution in [-0.2, 0) is 14.3 Å². The van der Waals surface area contributed by atoms with Gasteiger partial charge in [-0.2, -0.15) is 0 Å². The van der Waals surface area contributed by atoms with Gasteiger partial charge >= 0.3 is 5.97 Å². The number of hydrogen-bond donors (Lipinski definition) is 1. The van der Waals surface area contributed by atoms with Crippen molar-refractivity contribution in [3.05, 3.63) is 29.8 Å². The molecular formula is C15H21NO4. The van der Waals surface area contributed by atoms with Crippen molar-refractivity contribution in [3.8, 4) is 5.75 Å². The number of amides is 1. The highest BCUT2D eigenvalue weighted by molar-refractivity contribution is 5.82. The SMILES string of the molecule is Cc1cccc(O[C@H](C)C(=O)OCC(=O)NC(C)C)c1. The molecule has 0 aliphatic carbocycles. The number of ether oxygens (including phenoxy) is 2. The molecule has 0 saturated carbocycles. The Morgan fingerprint density at radius 2 is 1.95 bits per heavy atom. The molecule has 5 heteroatoms. The zero-order valence-corrected chi connectivity index (χ0v) is 12.3. The van der Waals surface area contributed by atoms with Crippen LogP contribution in [0.3, 0.4) is 0 Å². The predicted octanol–water partition coefficient (Wildman–Crippen LogP) is 1.83. The molecule has 1 aromatic carbocycles. The molecule has 1 N–H and O–H groups in total. The first-order valence-electron chi connectivity index (χ1n) is 6.58. The summed E-state index contributed by atoms with van der Waals surface area (Å²) < 4.78 is 10.4. The lowest BCUT2D eigenvalue weighted by Gasteiger charge is -2.14. The summed E-state index contributed by atoms with van der Waals surface area (Å²) in [4.78, 5) is 23.0. The molecule has 0 radical (unpaired) electrons. The Morgan fingerprint density at radius 1 is 1.25 bits per heavy atom. The molecule has 0 unspecified atom stereocenters. The van der Waals surface area contributed by atoms with Gasteiger partial charge in [0.2, 0.25) is 0 Å². The van der Waals surface area contributed by atoms with Crippen molar-refractivity contribution in [2.75, 3.05) is 6.61 Å². The number of nitrogens with one attached hydrogen (secondary N) is 1. The summed E-state index contributed by atoms with van der Waals surface area (Å²) in [5, 5.41) is 2.64. The first-order valence-corrected chi connectivity index (χ1v) is 6.58. The normalized spacial score (nSPS) is 11.8. The van der Waals surface area contributed by atoms with E-state index in [2.05, 4.69) is 5.32 Å². The monoisotopic (exact) mass is 279 g/mol. The zero-order valence-electron chi connectivity index (χ0n) is 12.3. The van der Waals surface area contributed by atoms with E-state index in [1.54, 1.807) is 13.0 Å². The molecule has 0 fully saturated rings. The van der Waals surface area contributed by atoms with Crippen molar-refractivity contribution in [3.63, 3.8) is 0 Å². The Kier molecular flexibility index (Phi) is 6.03. The lowest BCUT2D eigenvalue weighted by atomic mass is 10.2. The summed E-state index contributed by atoms with van der Waals surface area (Å²) in [5.74, 6) is -0.289. The zero-order chi connectivity index (χ0) is 15.1. The van der Waals surface area contributed by atoms with Crippen LogP contribution in [-0.4, -0.2) is 30.6 Å². The first kappa shape index (κ1) is 16.0. The van der Waals surface area contributed by atoms with Gasteiger partial charge in [0, 0.05) is 6.04 Å². The molecule has 1 aromatic rings. The van der Waals surface area contributed by atoms with Gasteiger partial charge in [-0.1, -0.05) is 12.1 Å². The van der Waals surface area contributed by atoms with Gasteiger partial charge in [0.15, 0.2) is 12.7 Å². The van der Waals surface area contributed by atoms with Gasteiger partial charge in [0.1, 0.15) is 5.75 Å². The van der Waals surface area contributed by atoms with Crippen LogP contribution in [0, 0.1) is 6.92 Å². The molecule has 0 bridgehead atoms. The third kappa shape index (κ3) is 5.73. The van der Waals surface area contributed by atoms with Gasteiger partial charge in [-0.15, -0.1) is 0 Å². The topological polar surface area (TPSA) is 64.6 Å². The second-order valence-corrected chi connectivity index (χ2v) is 4.91. The first-order chi connectivity index (χ1) is 9.38. The van der Waals surface area contributed by atoms with Crippen LogP contribution in [0.5, 0.6) is 5.75 Å². The maximum atomic E-state index is 11.7. The van der Waals surface area contributed by atoms with Crippen LogP contribution in [0.2, 0.25) is 0 Å². The second-order valence-electron chi connectivity index (χ2n) is 4.91. The summed E-state index contributed by atoms with van der Waals surface area (Å²) in [7, 11) is 0. The number of aryl methyl sites for hydroxylation is 1. The third-order valence-electron chi connectivity index (χ3n) is 2.43. The smallest absolute Gasteiger partial charge is 0.347 e. The minimum atomic E-state index is -0.761. The van der Waals surface area contributed by atoms with Gasteiger partial charge in [-0.05, 0) is 45.4 Å². The Morgan fingerprint density at radius 3 is 2.55 bits per heavy atom. The van der Waals surface area contributed by atoms with Crippen LogP contribution in [0.1, 0.15) is 26.3 Å². The molecule has 1 atom stereocenters. The number of esters is 1. The van der Waals surface area contributed by atoms with E-state index in [1.807, 2.05) is 39.0 Å². The quantitative estimate of drug-likeness (QED) is 0.807. The summed E-state index contributed by atoms with van der Waals surface area (Å²) >= 11 is 0. The van der Waals surface area contributed by atoms with Gasteiger partial charge in [0.25, 0.3) is 5.91 Å². The Balaban J connectivity index is 2.41. The van der Waals surface area contributed by atoms with Gasteiger partial charge in [-0.3, -0.25) is 4.79 Å². The standard InChI is InChI=1S/C15H21NO4/c1-10(2)16-14(17)9-19-15(18)12(4)20-13-7-5-6-11(3)8-13/h5-8,10,12H,9H2,1-4H3,(H,16,17)/t12-/m1/s1. The van der Waals surface area contributed by atoms with Crippen molar-refractivity contribution >= 4 is 11.9 Å². The van der Waals surface area contributed by atoms with E-state index in [-0.39, 0.29) is 18.6 Å². The Bertz CT molecular complexity index is 471. The van der Waals surface area contributed by atoms with Crippen LogP contribution in [0.15, 0.2) is 24.3 Å². The lowest BCUT2D eigenvalue weighted by Crippen LogP contribution is -2.36. The van der Waals surface area contributed by atoms with Crippen molar-refractivity contribution in [1.82, 2.24) is 5.32 Å². The number of carbonyl (C=O) groups excluding carboxylic acids is 2. The largest absolute Gasteiger partial charge is 0.479 e. The third-order valence-corrected chi connectivity index (χ3v) is 2.43. The maximum Gasteiger partial charge on any atom is 0.347 e. The van der Waals surface area contributed by atoms with Crippen molar-refractivity contribution in [2.45, 2.75) is 39.8 Å². The van der Waals surface area contributed by atoms with Crippen molar-refractivity contribution in [2.24, 2.45) is 0 Å². The fourth-order valence-corrected chi connectivity index (χ4v) is 1.56. The van der Waals surface area contributed by atoms with Crippen LogP contribution in [0.4, 0.5) is 0 Å². The highest BCUT2D eigenvalue weighted by Gasteiger charge is 2.18. The molecule has 0 spiro atoms. The second kappa shape index (κ2) is 7.53. The summed E-state index contributed by atoms with van der Waals surface area (Å²) in [6, 6.07) is 7.39. The molecule has 0 aliphatic rings. The van der Waals surface area contributed by atoms with E-state index < -0.39 is 12.1 Å². The van der Waals surface area contributed by atoms with Crippen LogP contribution in [0.25, 0.3) is 0 Å². The van der Waals surface area contributed by atoms with Crippen molar-refractivity contribution in [1.29, 1.82) is 0 Å². The highest BCUT2D eigenvalue weighted by Crippen LogP contribution is 2.14. The van der Waals surface area contributed by atoms with Gasteiger partial charge in [-0.25, -0.2) is 4.79 Å². The fraction of sp³-hybridized carbons (Fsp3) is 0.467. The van der Waals surface area contributed by atoms with E-state index in [0.29, 0.717) is 5.75 Å². The average molecular weight is 279 g/mol. The fourth-order valence-electron chi connectivity index (χ4n) is 1.56. The molecule has 0 saturated heterocycles. The molecular weight excluding hydrogens is 258 g/mol. The molecule has 1 amide bonds. The Labute approximate surface area is 119 Å². The van der Waals surface area contributed by atoms with Gasteiger partial charge < -0.3 is 14.8 Å². The number of benzene rings is 1. The summed E-state index contributed by atoms with van der Waals surface area (Å²) in [6.45, 7) is 6.90. The molecule has 0 aromatic heterocycles. The molecule has 1 rings (SSSR count). The lowest BCUT2D eigenvalue weighted by molar-refractivity contribution is -0.154. The van der Waals surface area contributed by atoms with Crippen LogP contribution >= 0.6 is 0 Å². The van der Waals surface area contributed by atoms with E-state index in [4.69, 9.17) is 9.47 Å². The average Bonchev–Trinajstić information content (AvgIpc) is 2.35. The maximum absolute atomic E-state index is 11.7. The minimum Gasteiger partial charge on any atom is -0.479 e. The van der Waals surface area contributed by atoms with Crippen molar-refractivity contribution < 1.29 is 19.1 Å². The van der Waals surface area contributed by atoms with E-state index in [1.165, 1.54) is 0 Å². The molecule has 0 aliphatic heterocycles. The molecule has 20 heavy (non-hydrogen) atoms. The molecule has 5 nitrogen and oxygen atoms in total.